The van der Waals surface area contributed by atoms with E-state index in [0.717, 1.165) is 5.56 Å². The predicted molar refractivity (Wildman–Crippen MR) is 111 cm³/mol. The van der Waals surface area contributed by atoms with E-state index in [1.165, 1.54) is 0 Å². The lowest BCUT2D eigenvalue weighted by Gasteiger charge is -2.17. The minimum Gasteiger partial charge on any atom is -0.491 e. The molecule has 0 radical (unpaired) electrons. The molecule has 2 rings (SSSR count). The van der Waals surface area contributed by atoms with E-state index >= 15 is 0 Å². The molecular formula is C20H33ClN2O6. The highest BCUT2D eigenvalue weighted by Crippen LogP contribution is 2.22. The van der Waals surface area contributed by atoms with Crippen molar-refractivity contribution in [2.24, 2.45) is 5.73 Å². The molecule has 2 atom stereocenters. The fourth-order valence-electron chi connectivity index (χ4n) is 2.72. The molecule has 166 valence electrons. The van der Waals surface area contributed by atoms with Crippen molar-refractivity contribution in [1.29, 1.82) is 0 Å². The third-order valence-electron chi connectivity index (χ3n) is 4.18. The first-order valence-electron chi connectivity index (χ1n) is 9.66. The molecule has 1 aromatic carbocycles. The van der Waals surface area contributed by atoms with Gasteiger partial charge in [-0.25, -0.2) is 0 Å². The molecule has 0 bridgehead atoms. The Morgan fingerprint density at radius 2 is 2.10 bits per heavy atom. The molecule has 0 saturated carbocycles. The number of aliphatic hydroxyl groups is 1. The van der Waals surface area contributed by atoms with Crippen molar-refractivity contribution < 1.29 is 28.8 Å². The van der Waals surface area contributed by atoms with Crippen molar-refractivity contribution in [1.82, 2.24) is 5.32 Å². The summed E-state index contributed by atoms with van der Waals surface area (Å²) in [6.45, 7) is 6.14. The monoisotopic (exact) mass is 432 g/mol. The van der Waals surface area contributed by atoms with E-state index in [4.69, 9.17) is 24.7 Å². The maximum atomic E-state index is 11.9. The summed E-state index contributed by atoms with van der Waals surface area (Å²) in [5.41, 5.74) is 6.39. The minimum atomic E-state index is -0.613. The number of ether oxygens (including phenoxy) is 4. The summed E-state index contributed by atoms with van der Waals surface area (Å²) >= 11 is 0. The van der Waals surface area contributed by atoms with E-state index in [2.05, 4.69) is 5.32 Å². The van der Waals surface area contributed by atoms with Gasteiger partial charge in [-0.15, -0.1) is 12.4 Å². The van der Waals surface area contributed by atoms with E-state index in [9.17, 15) is 9.90 Å². The second-order valence-corrected chi connectivity index (χ2v) is 7.24. The number of nitrogens with two attached hydrogens (primary N) is 1. The Bertz CT molecular complexity index is 599. The zero-order valence-electron chi connectivity index (χ0n) is 17.1. The Labute approximate surface area is 178 Å². The van der Waals surface area contributed by atoms with Crippen LogP contribution in [0.2, 0.25) is 0 Å². The van der Waals surface area contributed by atoms with Crippen LogP contribution in [-0.2, 0) is 25.4 Å². The van der Waals surface area contributed by atoms with E-state index in [1.807, 2.05) is 38.1 Å². The second-order valence-electron chi connectivity index (χ2n) is 7.24. The van der Waals surface area contributed by atoms with Gasteiger partial charge in [-0.3, -0.25) is 4.79 Å². The van der Waals surface area contributed by atoms with Crippen LogP contribution in [0, 0.1) is 0 Å². The number of halogens is 1. The molecule has 29 heavy (non-hydrogen) atoms. The molecule has 1 aliphatic heterocycles. The van der Waals surface area contributed by atoms with Gasteiger partial charge in [0.1, 0.15) is 31.2 Å². The Morgan fingerprint density at radius 1 is 1.38 bits per heavy atom. The topological polar surface area (TPSA) is 112 Å². The zero-order valence-corrected chi connectivity index (χ0v) is 17.9. The van der Waals surface area contributed by atoms with Crippen molar-refractivity contribution in [3.05, 3.63) is 29.8 Å². The van der Waals surface area contributed by atoms with Crippen LogP contribution in [0.25, 0.3) is 0 Å². The fourth-order valence-corrected chi connectivity index (χ4v) is 2.72. The maximum absolute atomic E-state index is 11.9. The molecule has 1 aliphatic rings. The lowest BCUT2D eigenvalue weighted by molar-refractivity contribution is -0.158. The van der Waals surface area contributed by atoms with Crippen LogP contribution < -0.4 is 15.8 Å². The molecule has 1 heterocycles. The molecule has 1 saturated heterocycles. The fraction of sp³-hybridized carbons (Fsp3) is 0.650. The molecule has 1 fully saturated rings. The molecule has 0 spiro atoms. The first-order chi connectivity index (χ1) is 13.4. The first kappa shape index (κ1) is 25.6. The smallest absolute Gasteiger partial charge is 0.306 e. The molecule has 9 heteroatoms. The van der Waals surface area contributed by atoms with E-state index in [0.29, 0.717) is 44.8 Å². The largest absolute Gasteiger partial charge is 0.491 e. The van der Waals surface area contributed by atoms with Gasteiger partial charge in [-0.1, -0.05) is 12.1 Å². The highest BCUT2D eigenvalue weighted by Gasteiger charge is 2.33. The number of rotatable bonds is 12. The van der Waals surface area contributed by atoms with E-state index in [1.54, 1.807) is 0 Å². The summed E-state index contributed by atoms with van der Waals surface area (Å²) in [5.74, 6) is -0.204. The summed E-state index contributed by atoms with van der Waals surface area (Å²) < 4.78 is 21.8. The predicted octanol–water partition coefficient (Wildman–Crippen LogP) is 1.02. The summed E-state index contributed by atoms with van der Waals surface area (Å²) in [7, 11) is 0. The highest BCUT2D eigenvalue weighted by atomic mass is 35.5. The Hall–Kier alpha value is -1.42. The van der Waals surface area contributed by atoms with Crippen molar-refractivity contribution in [3.63, 3.8) is 0 Å². The molecular weight excluding hydrogens is 400 g/mol. The van der Waals surface area contributed by atoms with E-state index in [-0.39, 0.29) is 37.7 Å². The number of hydrogen-bond acceptors (Lipinski definition) is 8. The SMILES string of the molecule is CC1(C)OCC(COC(=O)CCc2ccc(OCC(O)CNCCN)cc2)O1.Cl. The Kier molecular flexibility index (Phi) is 11.5. The Morgan fingerprint density at radius 3 is 2.72 bits per heavy atom. The number of esters is 1. The van der Waals surface area contributed by atoms with Gasteiger partial charge in [0.2, 0.25) is 0 Å². The number of aryl methyl sites for hydroxylation is 1. The summed E-state index contributed by atoms with van der Waals surface area (Å²) in [6.07, 6.45) is 0.0677. The third kappa shape index (κ3) is 10.3. The van der Waals surface area contributed by atoms with Gasteiger partial charge in [0.15, 0.2) is 5.79 Å². The van der Waals surface area contributed by atoms with Crippen molar-refractivity contribution in [3.8, 4) is 5.75 Å². The van der Waals surface area contributed by atoms with Crippen LogP contribution in [0.5, 0.6) is 5.75 Å². The molecule has 0 amide bonds. The zero-order chi connectivity index (χ0) is 20.4. The standard InChI is InChI=1S/C20H32N2O6.ClH/c1-20(2)27-14-18(28-20)13-26-19(24)8-5-15-3-6-17(7-4-15)25-12-16(23)11-22-10-9-21;/h3-4,6-7,16,18,22-23H,5,8-14,21H2,1-2H3;1H. The molecule has 0 aromatic heterocycles. The van der Waals surface area contributed by atoms with Gasteiger partial charge < -0.3 is 35.1 Å². The van der Waals surface area contributed by atoms with Crippen LogP contribution in [0.15, 0.2) is 24.3 Å². The van der Waals surface area contributed by atoms with E-state index < -0.39 is 11.9 Å². The van der Waals surface area contributed by atoms with Gasteiger partial charge in [0, 0.05) is 26.1 Å². The van der Waals surface area contributed by atoms with Crippen molar-refractivity contribution in [2.45, 2.75) is 44.7 Å². The number of benzene rings is 1. The highest BCUT2D eigenvalue weighted by molar-refractivity contribution is 5.85. The van der Waals surface area contributed by atoms with Crippen LogP contribution in [-0.4, -0.2) is 68.5 Å². The van der Waals surface area contributed by atoms with Gasteiger partial charge in [0.05, 0.1) is 6.61 Å². The summed E-state index contributed by atoms with van der Waals surface area (Å²) in [6, 6.07) is 7.45. The molecule has 0 aliphatic carbocycles. The maximum Gasteiger partial charge on any atom is 0.306 e. The van der Waals surface area contributed by atoms with Gasteiger partial charge in [-0.05, 0) is 38.0 Å². The minimum absolute atomic E-state index is 0. The third-order valence-corrected chi connectivity index (χ3v) is 4.18. The van der Waals surface area contributed by atoms with Crippen LogP contribution >= 0.6 is 12.4 Å². The quantitative estimate of drug-likeness (QED) is 0.331. The number of aliphatic hydroxyl groups excluding tert-OH is 1. The van der Waals surface area contributed by atoms with Crippen molar-refractivity contribution in [2.75, 3.05) is 39.5 Å². The normalized spacial score (nSPS) is 18.7. The van der Waals surface area contributed by atoms with Gasteiger partial charge >= 0.3 is 5.97 Å². The number of carbonyl (C=O) groups excluding carboxylic acids is 1. The number of nitrogens with one attached hydrogen (secondary N) is 1. The lowest BCUT2D eigenvalue weighted by Crippen LogP contribution is -2.34. The molecule has 4 N–H and O–H groups in total. The first-order valence-corrected chi connectivity index (χ1v) is 9.66. The summed E-state index contributed by atoms with van der Waals surface area (Å²) in [4.78, 5) is 11.9. The molecule has 8 nitrogen and oxygen atoms in total. The second kappa shape index (κ2) is 13.0. The van der Waals surface area contributed by atoms with Gasteiger partial charge in [0.25, 0.3) is 0 Å². The Balaban J connectivity index is 0.00000420. The van der Waals surface area contributed by atoms with Crippen LogP contribution in [0.4, 0.5) is 0 Å². The number of carbonyl (C=O) groups is 1. The lowest BCUT2D eigenvalue weighted by atomic mass is 10.1. The van der Waals surface area contributed by atoms with Crippen LogP contribution in [0.1, 0.15) is 25.8 Å². The van der Waals surface area contributed by atoms with Crippen molar-refractivity contribution >= 4 is 18.4 Å². The van der Waals surface area contributed by atoms with Crippen LogP contribution in [0.3, 0.4) is 0 Å². The average molecular weight is 433 g/mol. The van der Waals surface area contributed by atoms with Gasteiger partial charge in [-0.2, -0.15) is 0 Å². The number of hydrogen-bond donors (Lipinski definition) is 3. The molecule has 1 aromatic rings. The summed E-state index contributed by atoms with van der Waals surface area (Å²) in [5, 5.41) is 12.8. The average Bonchev–Trinajstić information content (AvgIpc) is 3.03. The molecule has 2 unspecified atom stereocenters.